The van der Waals surface area contributed by atoms with Crippen molar-refractivity contribution in [2.24, 2.45) is 0 Å². The normalized spacial score (nSPS) is 15.2. The minimum absolute atomic E-state index is 0.213. The molecule has 0 spiro atoms. The van der Waals surface area contributed by atoms with Crippen molar-refractivity contribution >= 4 is 34.4 Å². The van der Waals surface area contributed by atoms with Crippen LogP contribution in [0.1, 0.15) is 5.56 Å². The average Bonchev–Trinajstić information content (AvgIpc) is 2.68. The van der Waals surface area contributed by atoms with Crippen molar-refractivity contribution in [3.05, 3.63) is 63.5 Å². The Kier molecular flexibility index (Phi) is 5.21. The van der Waals surface area contributed by atoms with Gasteiger partial charge in [-0.2, -0.15) is 0 Å². The number of hydrogen-bond donors (Lipinski definition) is 2. The molecule has 0 saturated carbocycles. The summed E-state index contributed by atoms with van der Waals surface area (Å²) in [6.07, 6.45) is 1.72. The van der Waals surface area contributed by atoms with Crippen molar-refractivity contribution in [2.75, 3.05) is 43.4 Å². The van der Waals surface area contributed by atoms with Gasteiger partial charge in [-0.05, 0) is 31.3 Å². The number of hydrogen-bond acceptors (Lipinski definition) is 6. The number of aliphatic hydroxyl groups excluding tert-OH is 1. The van der Waals surface area contributed by atoms with E-state index in [-0.39, 0.29) is 11.1 Å². The summed E-state index contributed by atoms with van der Waals surface area (Å²) >= 11 is 6.04. The molecule has 1 saturated heterocycles. The van der Waals surface area contributed by atoms with E-state index in [4.69, 9.17) is 11.6 Å². The maximum absolute atomic E-state index is 12.8. The Morgan fingerprint density at radius 2 is 1.96 bits per heavy atom. The Morgan fingerprint density at radius 3 is 2.68 bits per heavy atom. The summed E-state index contributed by atoms with van der Waals surface area (Å²) in [7, 11) is 2.11. The van der Waals surface area contributed by atoms with Crippen LogP contribution in [0, 0.1) is 0 Å². The Hall–Kier alpha value is -2.61. The minimum Gasteiger partial charge on any atom is -0.391 e. The number of rotatable bonds is 4. The second-order valence-corrected chi connectivity index (χ2v) is 7.38. The van der Waals surface area contributed by atoms with Crippen molar-refractivity contribution in [1.82, 2.24) is 14.3 Å². The molecule has 2 N–H and O–H groups in total. The molecule has 0 atom stereocenters. The highest BCUT2D eigenvalue weighted by Crippen LogP contribution is 2.23. The van der Waals surface area contributed by atoms with Crippen LogP contribution in [0.15, 0.2) is 47.4 Å². The van der Waals surface area contributed by atoms with Crippen LogP contribution in [0.25, 0.3) is 5.65 Å². The highest BCUT2D eigenvalue weighted by molar-refractivity contribution is 6.30. The Morgan fingerprint density at radius 1 is 1.18 bits per heavy atom. The molecule has 3 aromatic rings. The van der Waals surface area contributed by atoms with Gasteiger partial charge in [0.25, 0.3) is 5.56 Å². The largest absolute Gasteiger partial charge is 0.391 e. The van der Waals surface area contributed by atoms with Gasteiger partial charge < -0.3 is 20.2 Å². The summed E-state index contributed by atoms with van der Waals surface area (Å²) in [6, 6.07) is 11.0. The lowest BCUT2D eigenvalue weighted by molar-refractivity contribution is 0.280. The lowest BCUT2D eigenvalue weighted by Gasteiger charge is -2.34. The summed E-state index contributed by atoms with van der Waals surface area (Å²) in [4.78, 5) is 22.0. The third kappa shape index (κ3) is 3.69. The smallest absolute Gasteiger partial charge is 0.265 e. The number of piperazine rings is 1. The fourth-order valence-electron chi connectivity index (χ4n) is 3.37. The first-order valence-electron chi connectivity index (χ1n) is 9.17. The predicted molar refractivity (Wildman–Crippen MR) is 112 cm³/mol. The Labute approximate surface area is 167 Å². The van der Waals surface area contributed by atoms with E-state index in [0.29, 0.717) is 22.2 Å². The molecule has 0 unspecified atom stereocenters. The number of halogens is 1. The molecule has 7 nitrogen and oxygen atoms in total. The molecule has 28 heavy (non-hydrogen) atoms. The number of nitrogens with zero attached hydrogens (tertiary/aromatic N) is 4. The van der Waals surface area contributed by atoms with Crippen LogP contribution < -0.4 is 15.8 Å². The first-order valence-corrected chi connectivity index (χ1v) is 9.55. The molecule has 146 valence electrons. The molecule has 1 aliphatic heterocycles. The minimum atomic E-state index is -0.405. The van der Waals surface area contributed by atoms with Crippen LogP contribution in [0.3, 0.4) is 0 Å². The fraction of sp³-hybridized carbons (Fsp3) is 0.300. The van der Waals surface area contributed by atoms with Crippen molar-refractivity contribution in [2.45, 2.75) is 6.61 Å². The quantitative estimate of drug-likeness (QED) is 0.701. The van der Waals surface area contributed by atoms with Gasteiger partial charge in [0, 0.05) is 54.8 Å². The molecule has 1 fully saturated rings. The van der Waals surface area contributed by atoms with Crippen LogP contribution in [-0.4, -0.2) is 52.6 Å². The standard InChI is InChI=1S/C20H22ClN5O2/c1-24-7-9-25(10-8-24)16-5-6-26-18(12-16)23-19(17(13-27)20(26)28)22-15-4-2-3-14(21)11-15/h2-6,11-12,22,27H,7-10,13H2,1H3. The number of pyridine rings is 1. The molecule has 8 heteroatoms. The van der Waals surface area contributed by atoms with Crippen molar-refractivity contribution in [3.63, 3.8) is 0 Å². The number of aromatic nitrogens is 2. The highest BCUT2D eigenvalue weighted by atomic mass is 35.5. The summed E-state index contributed by atoms with van der Waals surface area (Å²) in [5.74, 6) is 0.338. The number of benzene rings is 1. The van der Waals surface area contributed by atoms with Gasteiger partial charge in [-0.25, -0.2) is 4.98 Å². The van der Waals surface area contributed by atoms with Crippen LogP contribution >= 0.6 is 11.6 Å². The first kappa shape index (κ1) is 18.7. The number of aliphatic hydroxyl groups is 1. The van der Waals surface area contributed by atoms with Crippen molar-refractivity contribution < 1.29 is 5.11 Å². The van der Waals surface area contributed by atoms with E-state index in [0.717, 1.165) is 31.9 Å². The molecule has 4 rings (SSSR count). The summed E-state index contributed by atoms with van der Waals surface area (Å²) < 4.78 is 1.47. The van der Waals surface area contributed by atoms with Gasteiger partial charge in [0.1, 0.15) is 11.5 Å². The monoisotopic (exact) mass is 399 g/mol. The Balaban J connectivity index is 1.75. The lowest BCUT2D eigenvalue weighted by atomic mass is 10.2. The third-order valence-corrected chi connectivity index (χ3v) is 5.26. The van der Waals surface area contributed by atoms with Crippen LogP contribution in [0.5, 0.6) is 0 Å². The van der Waals surface area contributed by atoms with Gasteiger partial charge in [0.05, 0.1) is 12.2 Å². The maximum Gasteiger partial charge on any atom is 0.265 e. The van der Waals surface area contributed by atoms with Crippen LogP contribution in [-0.2, 0) is 6.61 Å². The second-order valence-electron chi connectivity index (χ2n) is 6.94. The van der Waals surface area contributed by atoms with E-state index in [2.05, 4.69) is 27.1 Å². The summed E-state index contributed by atoms with van der Waals surface area (Å²) in [6.45, 7) is 3.45. The molecule has 3 heterocycles. The van der Waals surface area contributed by atoms with E-state index >= 15 is 0 Å². The molecular formula is C20H22ClN5O2. The summed E-state index contributed by atoms with van der Waals surface area (Å²) in [5.41, 5.74) is 2.19. The number of fused-ring (bicyclic) bond motifs is 1. The topological polar surface area (TPSA) is 73.1 Å². The molecule has 0 radical (unpaired) electrons. The van der Waals surface area contributed by atoms with E-state index in [1.54, 1.807) is 18.3 Å². The first-order chi connectivity index (χ1) is 13.5. The molecule has 0 aliphatic carbocycles. The van der Waals surface area contributed by atoms with Gasteiger partial charge in [-0.15, -0.1) is 0 Å². The van der Waals surface area contributed by atoms with Crippen LogP contribution in [0.4, 0.5) is 17.2 Å². The molecule has 1 aliphatic rings. The van der Waals surface area contributed by atoms with Gasteiger partial charge in [-0.3, -0.25) is 9.20 Å². The van der Waals surface area contributed by atoms with Gasteiger partial charge in [0.15, 0.2) is 0 Å². The van der Waals surface area contributed by atoms with Crippen LogP contribution in [0.2, 0.25) is 5.02 Å². The fourth-order valence-corrected chi connectivity index (χ4v) is 3.56. The van der Waals surface area contributed by atoms with E-state index in [1.165, 1.54) is 4.40 Å². The summed E-state index contributed by atoms with van der Waals surface area (Å²) in [5, 5.41) is 13.4. The van der Waals surface area contributed by atoms with Crippen molar-refractivity contribution in [1.29, 1.82) is 0 Å². The average molecular weight is 400 g/mol. The highest BCUT2D eigenvalue weighted by Gasteiger charge is 2.17. The lowest BCUT2D eigenvalue weighted by Crippen LogP contribution is -2.44. The zero-order valence-corrected chi connectivity index (χ0v) is 16.4. The van der Waals surface area contributed by atoms with E-state index in [9.17, 15) is 9.90 Å². The van der Waals surface area contributed by atoms with Gasteiger partial charge >= 0.3 is 0 Å². The molecular weight excluding hydrogens is 378 g/mol. The number of anilines is 3. The zero-order chi connectivity index (χ0) is 19.7. The predicted octanol–water partition coefficient (Wildman–Crippen LogP) is 2.34. The Bertz CT molecular complexity index is 1060. The second kappa shape index (κ2) is 7.79. The van der Waals surface area contributed by atoms with Gasteiger partial charge in [-0.1, -0.05) is 17.7 Å². The third-order valence-electron chi connectivity index (χ3n) is 5.02. The number of nitrogens with one attached hydrogen (secondary N) is 1. The molecule has 2 aromatic heterocycles. The SMILES string of the molecule is CN1CCN(c2ccn3c(=O)c(CO)c(Nc4cccc(Cl)c4)nc3c2)CC1. The maximum atomic E-state index is 12.8. The van der Waals surface area contributed by atoms with E-state index < -0.39 is 6.61 Å². The molecule has 0 bridgehead atoms. The van der Waals surface area contributed by atoms with Gasteiger partial charge in [0.2, 0.25) is 0 Å². The number of likely N-dealkylation sites (N-methyl/N-ethyl adjacent to an activating group) is 1. The van der Waals surface area contributed by atoms with E-state index in [1.807, 2.05) is 24.3 Å². The molecule has 0 amide bonds. The zero-order valence-electron chi connectivity index (χ0n) is 15.6. The van der Waals surface area contributed by atoms with Crippen molar-refractivity contribution in [3.8, 4) is 0 Å². The molecule has 1 aromatic carbocycles.